The summed E-state index contributed by atoms with van der Waals surface area (Å²) in [5.41, 5.74) is 1.23. The van der Waals surface area contributed by atoms with E-state index in [9.17, 15) is 0 Å². The first-order chi connectivity index (χ1) is 6.21. The monoisotopic (exact) mass is 197 g/mol. The molecule has 72 valence electrons. The lowest BCUT2D eigenvalue weighted by Gasteiger charge is -2.33. The van der Waals surface area contributed by atoms with E-state index >= 15 is 0 Å². The van der Waals surface area contributed by atoms with Crippen LogP contribution in [0.25, 0.3) is 0 Å². The second-order valence-electron chi connectivity index (χ2n) is 3.74. The van der Waals surface area contributed by atoms with E-state index in [1.807, 2.05) is 0 Å². The molecule has 0 bridgehead atoms. The van der Waals surface area contributed by atoms with E-state index in [1.54, 1.807) is 11.3 Å². The van der Waals surface area contributed by atoms with E-state index in [0.29, 0.717) is 0 Å². The molecule has 0 aromatic carbocycles. The second-order valence-corrected chi connectivity index (χ2v) is 4.66. The van der Waals surface area contributed by atoms with Crippen molar-refractivity contribution in [3.8, 4) is 0 Å². The second kappa shape index (κ2) is 3.40. The van der Waals surface area contributed by atoms with Crippen LogP contribution < -0.4 is 5.32 Å². The normalized spacial score (nSPS) is 29.1. The molecule has 0 aliphatic carbocycles. The van der Waals surface area contributed by atoms with Crippen LogP contribution in [0.2, 0.25) is 0 Å². The van der Waals surface area contributed by atoms with E-state index < -0.39 is 0 Å². The van der Waals surface area contributed by atoms with E-state index in [4.69, 9.17) is 4.74 Å². The zero-order valence-corrected chi connectivity index (χ0v) is 8.91. The van der Waals surface area contributed by atoms with E-state index in [0.717, 1.165) is 19.7 Å². The first kappa shape index (κ1) is 9.19. The van der Waals surface area contributed by atoms with Crippen LogP contribution in [0.4, 0.5) is 0 Å². The predicted octanol–water partition coefficient (Wildman–Crippen LogP) is 1.89. The molecule has 3 heteroatoms. The molecule has 0 saturated carbocycles. The zero-order chi connectivity index (χ0) is 9.31. The van der Waals surface area contributed by atoms with Crippen LogP contribution in [0.15, 0.2) is 11.4 Å². The number of rotatable bonds is 1. The minimum Gasteiger partial charge on any atom is -0.367 e. The highest BCUT2D eigenvalue weighted by atomic mass is 32.1. The van der Waals surface area contributed by atoms with Gasteiger partial charge < -0.3 is 10.1 Å². The van der Waals surface area contributed by atoms with Gasteiger partial charge in [0.1, 0.15) is 5.60 Å². The number of hydrogen-bond acceptors (Lipinski definition) is 3. The van der Waals surface area contributed by atoms with Gasteiger partial charge in [-0.15, -0.1) is 11.3 Å². The van der Waals surface area contributed by atoms with E-state index in [1.165, 1.54) is 10.4 Å². The Labute approximate surface area is 82.9 Å². The van der Waals surface area contributed by atoms with Gasteiger partial charge in [0.15, 0.2) is 0 Å². The topological polar surface area (TPSA) is 21.3 Å². The molecular weight excluding hydrogens is 182 g/mol. The third-order valence-electron chi connectivity index (χ3n) is 2.41. The summed E-state index contributed by atoms with van der Waals surface area (Å²) in [5, 5.41) is 5.54. The number of nitrogens with one attached hydrogen (secondary N) is 1. The summed E-state index contributed by atoms with van der Waals surface area (Å²) in [7, 11) is 0. The molecule has 1 atom stereocenters. The number of morpholine rings is 1. The summed E-state index contributed by atoms with van der Waals surface area (Å²) in [4.78, 5) is 1.33. The van der Waals surface area contributed by atoms with Gasteiger partial charge in [-0.2, -0.15) is 0 Å². The lowest BCUT2D eigenvalue weighted by molar-refractivity contribution is -0.0546. The maximum atomic E-state index is 5.81. The number of thiophene rings is 1. The van der Waals surface area contributed by atoms with Crippen LogP contribution in [-0.4, -0.2) is 19.7 Å². The van der Waals surface area contributed by atoms with Gasteiger partial charge in [-0.1, -0.05) is 0 Å². The Kier molecular flexibility index (Phi) is 2.41. The first-order valence-electron chi connectivity index (χ1n) is 4.61. The fraction of sp³-hybridized carbons (Fsp3) is 0.600. The highest BCUT2D eigenvalue weighted by molar-refractivity contribution is 7.10. The lowest BCUT2D eigenvalue weighted by Crippen LogP contribution is -2.44. The van der Waals surface area contributed by atoms with Crippen LogP contribution in [0.5, 0.6) is 0 Å². The van der Waals surface area contributed by atoms with Crippen LogP contribution in [0.1, 0.15) is 17.4 Å². The Hall–Kier alpha value is -0.380. The summed E-state index contributed by atoms with van der Waals surface area (Å²) < 4.78 is 5.81. The molecule has 13 heavy (non-hydrogen) atoms. The molecule has 0 amide bonds. The third kappa shape index (κ3) is 1.77. The van der Waals surface area contributed by atoms with Gasteiger partial charge in [0.25, 0.3) is 0 Å². The van der Waals surface area contributed by atoms with Gasteiger partial charge >= 0.3 is 0 Å². The van der Waals surface area contributed by atoms with Crippen LogP contribution >= 0.6 is 11.3 Å². The quantitative estimate of drug-likeness (QED) is 0.742. The largest absolute Gasteiger partial charge is 0.367 e. The Morgan fingerprint density at radius 3 is 3.00 bits per heavy atom. The lowest BCUT2D eigenvalue weighted by atomic mass is 10.0. The van der Waals surface area contributed by atoms with Crippen molar-refractivity contribution < 1.29 is 4.74 Å². The fourth-order valence-corrected chi connectivity index (χ4v) is 2.61. The maximum absolute atomic E-state index is 5.81. The Morgan fingerprint density at radius 2 is 2.46 bits per heavy atom. The minimum absolute atomic E-state index is 0.100. The first-order valence-corrected chi connectivity index (χ1v) is 5.49. The molecule has 1 aliphatic rings. The smallest absolute Gasteiger partial charge is 0.112 e. The Morgan fingerprint density at radius 1 is 1.62 bits per heavy atom. The fourth-order valence-electron chi connectivity index (χ4n) is 1.59. The van der Waals surface area contributed by atoms with Gasteiger partial charge in [-0.05, 0) is 30.9 Å². The van der Waals surface area contributed by atoms with Gasteiger partial charge in [0, 0.05) is 18.0 Å². The van der Waals surface area contributed by atoms with E-state index in [2.05, 4.69) is 30.6 Å². The number of aryl methyl sites for hydroxylation is 1. The van der Waals surface area contributed by atoms with Crippen molar-refractivity contribution in [1.82, 2.24) is 5.32 Å². The van der Waals surface area contributed by atoms with Crippen LogP contribution in [-0.2, 0) is 10.3 Å². The van der Waals surface area contributed by atoms with Crippen molar-refractivity contribution in [2.45, 2.75) is 19.4 Å². The molecule has 0 spiro atoms. The van der Waals surface area contributed by atoms with Crippen molar-refractivity contribution in [3.05, 3.63) is 21.9 Å². The van der Waals surface area contributed by atoms with Crippen molar-refractivity contribution in [1.29, 1.82) is 0 Å². The molecule has 2 rings (SSSR count). The molecule has 1 fully saturated rings. The van der Waals surface area contributed by atoms with Crippen LogP contribution in [0, 0.1) is 6.92 Å². The highest BCUT2D eigenvalue weighted by Crippen LogP contribution is 2.31. The summed E-state index contributed by atoms with van der Waals surface area (Å²) in [6.45, 7) is 6.99. The maximum Gasteiger partial charge on any atom is 0.112 e. The van der Waals surface area contributed by atoms with Gasteiger partial charge in [0.2, 0.25) is 0 Å². The number of hydrogen-bond donors (Lipinski definition) is 1. The van der Waals surface area contributed by atoms with Gasteiger partial charge in [-0.25, -0.2) is 0 Å². The summed E-state index contributed by atoms with van der Waals surface area (Å²) in [6.07, 6.45) is 0. The van der Waals surface area contributed by atoms with Crippen molar-refractivity contribution in [2.75, 3.05) is 19.7 Å². The summed E-state index contributed by atoms with van der Waals surface area (Å²) >= 11 is 1.79. The van der Waals surface area contributed by atoms with E-state index in [-0.39, 0.29) is 5.60 Å². The molecule has 1 unspecified atom stereocenters. The van der Waals surface area contributed by atoms with Crippen molar-refractivity contribution >= 4 is 11.3 Å². The molecule has 1 aromatic heterocycles. The summed E-state index contributed by atoms with van der Waals surface area (Å²) in [5.74, 6) is 0. The molecule has 1 N–H and O–H groups in total. The average molecular weight is 197 g/mol. The predicted molar refractivity (Wildman–Crippen MR) is 55.2 cm³/mol. The minimum atomic E-state index is -0.100. The molecule has 0 radical (unpaired) electrons. The molecule has 1 saturated heterocycles. The van der Waals surface area contributed by atoms with Crippen LogP contribution in [0.3, 0.4) is 0 Å². The number of ether oxygens (including phenoxy) is 1. The Bertz CT molecular complexity index is 289. The molecular formula is C10H15NOS. The molecule has 1 aliphatic heterocycles. The summed E-state index contributed by atoms with van der Waals surface area (Å²) in [6, 6.07) is 2.22. The van der Waals surface area contributed by atoms with Crippen molar-refractivity contribution in [3.63, 3.8) is 0 Å². The molecule has 2 heterocycles. The third-order valence-corrected chi connectivity index (χ3v) is 3.71. The SMILES string of the molecule is Cc1csc(C2(C)CNCCO2)c1. The zero-order valence-electron chi connectivity index (χ0n) is 8.09. The molecule has 2 nitrogen and oxygen atoms in total. The average Bonchev–Trinajstić information content (AvgIpc) is 2.54. The Balaban J connectivity index is 2.22. The van der Waals surface area contributed by atoms with Gasteiger partial charge in [-0.3, -0.25) is 0 Å². The standard InChI is InChI=1S/C10H15NOS/c1-8-5-9(13-6-8)10(2)7-11-3-4-12-10/h5-6,11H,3-4,7H2,1-2H3. The molecule has 1 aromatic rings. The van der Waals surface area contributed by atoms with Gasteiger partial charge in [0.05, 0.1) is 6.61 Å². The van der Waals surface area contributed by atoms with Crippen molar-refractivity contribution in [2.24, 2.45) is 0 Å². The highest BCUT2D eigenvalue weighted by Gasteiger charge is 2.30.